The van der Waals surface area contributed by atoms with Crippen LogP contribution in [-0.4, -0.2) is 40.9 Å². The summed E-state index contributed by atoms with van der Waals surface area (Å²) in [5.41, 5.74) is 0. The first kappa shape index (κ1) is 14.9. The molecular formula is C14H17NO4S2. The van der Waals surface area contributed by atoms with E-state index in [0.29, 0.717) is 23.8 Å². The molecule has 1 aromatic carbocycles. The van der Waals surface area contributed by atoms with Gasteiger partial charge in [0.15, 0.2) is 0 Å². The first-order valence-electron chi connectivity index (χ1n) is 6.71. The van der Waals surface area contributed by atoms with E-state index in [9.17, 15) is 8.42 Å². The van der Waals surface area contributed by atoms with Gasteiger partial charge in [-0.2, -0.15) is 0 Å². The zero-order chi connectivity index (χ0) is 14.9. The second-order valence-electron chi connectivity index (χ2n) is 4.97. The number of ether oxygens (including phenoxy) is 2. The smallest absolute Gasteiger partial charge is 0.250 e. The molecule has 0 amide bonds. The first-order chi connectivity index (χ1) is 10.1. The van der Waals surface area contributed by atoms with Crippen LogP contribution in [0.5, 0.6) is 0 Å². The Labute approximate surface area is 127 Å². The van der Waals surface area contributed by atoms with E-state index in [1.54, 1.807) is 13.2 Å². The van der Waals surface area contributed by atoms with Gasteiger partial charge < -0.3 is 9.47 Å². The minimum Gasteiger partial charge on any atom is -0.380 e. The van der Waals surface area contributed by atoms with E-state index < -0.39 is 10.0 Å². The Bertz CT molecular complexity index is 692. The third kappa shape index (κ3) is 3.12. The molecular weight excluding hydrogens is 310 g/mol. The van der Waals surface area contributed by atoms with Crippen molar-refractivity contribution >= 4 is 31.4 Å². The summed E-state index contributed by atoms with van der Waals surface area (Å²) >= 11 is 1.27. The van der Waals surface area contributed by atoms with Gasteiger partial charge in [0.1, 0.15) is 4.21 Å². The maximum absolute atomic E-state index is 12.5. The molecule has 114 valence electrons. The maximum atomic E-state index is 12.5. The van der Waals surface area contributed by atoms with Crippen LogP contribution in [0, 0.1) is 0 Å². The number of nitrogens with one attached hydrogen (secondary N) is 1. The van der Waals surface area contributed by atoms with E-state index in [1.807, 2.05) is 24.3 Å². The zero-order valence-electron chi connectivity index (χ0n) is 11.6. The predicted octanol–water partition coefficient (Wildman–Crippen LogP) is 1.98. The van der Waals surface area contributed by atoms with Crippen molar-refractivity contribution in [1.29, 1.82) is 0 Å². The van der Waals surface area contributed by atoms with E-state index in [1.165, 1.54) is 11.3 Å². The van der Waals surface area contributed by atoms with Gasteiger partial charge in [0.25, 0.3) is 10.0 Å². The fourth-order valence-electron chi connectivity index (χ4n) is 2.46. The highest BCUT2D eigenvalue weighted by molar-refractivity contribution is 7.91. The molecule has 0 aliphatic carbocycles. The molecule has 2 atom stereocenters. The van der Waals surface area contributed by atoms with E-state index in [4.69, 9.17) is 9.47 Å². The van der Waals surface area contributed by atoms with E-state index >= 15 is 0 Å². The molecule has 0 radical (unpaired) electrons. The first-order valence-corrected chi connectivity index (χ1v) is 9.01. The standard InChI is InChI=1S/C14H17NO4S2/c1-18-12-6-7-19-9-11(12)15-21(16,17)14-8-10-4-2-3-5-13(10)20-14/h2-5,8,11-12,15H,6-7,9H2,1H3/t11-,12-/m1/s1. The lowest BCUT2D eigenvalue weighted by atomic mass is 10.1. The summed E-state index contributed by atoms with van der Waals surface area (Å²) in [5, 5.41) is 0.936. The van der Waals surface area contributed by atoms with Crippen LogP contribution in [0.3, 0.4) is 0 Å². The lowest BCUT2D eigenvalue weighted by Gasteiger charge is -2.30. The van der Waals surface area contributed by atoms with Crippen molar-refractivity contribution < 1.29 is 17.9 Å². The normalized spacial score (nSPS) is 23.5. The van der Waals surface area contributed by atoms with Gasteiger partial charge in [-0.25, -0.2) is 13.1 Å². The molecule has 21 heavy (non-hydrogen) atoms. The molecule has 0 spiro atoms. The highest BCUT2D eigenvalue weighted by Gasteiger charge is 2.30. The number of hydrogen-bond donors (Lipinski definition) is 1. The molecule has 1 aliphatic rings. The fourth-order valence-corrected chi connectivity index (χ4v) is 5.12. The van der Waals surface area contributed by atoms with Crippen LogP contribution in [0.15, 0.2) is 34.5 Å². The quantitative estimate of drug-likeness (QED) is 0.933. The molecule has 0 saturated carbocycles. The third-order valence-corrected chi connectivity index (χ3v) is 6.65. The summed E-state index contributed by atoms with van der Waals surface area (Å²) < 4.78 is 39.7. The molecule has 1 saturated heterocycles. The van der Waals surface area contributed by atoms with Crippen molar-refractivity contribution in [1.82, 2.24) is 4.72 Å². The van der Waals surface area contributed by atoms with Gasteiger partial charge in [-0.05, 0) is 23.9 Å². The second kappa shape index (κ2) is 6.02. The molecule has 2 aromatic rings. The molecule has 7 heteroatoms. The van der Waals surface area contributed by atoms with Gasteiger partial charge in [-0.15, -0.1) is 11.3 Å². The molecule has 0 bridgehead atoms. The van der Waals surface area contributed by atoms with E-state index in [2.05, 4.69) is 4.72 Å². The van der Waals surface area contributed by atoms with Crippen LogP contribution in [0.25, 0.3) is 10.1 Å². The van der Waals surface area contributed by atoms with E-state index in [0.717, 1.165) is 10.1 Å². The molecule has 1 aliphatic heterocycles. The molecule has 0 unspecified atom stereocenters. The molecule has 1 N–H and O–H groups in total. The number of methoxy groups -OCH3 is 1. The zero-order valence-corrected chi connectivity index (χ0v) is 13.2. The Morgan fingerprint density at radius 2 is 2.19 bits per heavy atom. The molecule has 1 fully saturated rings. The van der Waals surface area contributed by atoms with Crippen molar-refractivity contribution in [3.8, 4) is 0 Å². The lowest BCUT2D eigenvalue weighted by Crippen LogP contribution is -2.49. The van der Waals surface area contributed by atoms with E-state index in [-0.39, 0.29) is 12.1 Å². The predicted molar refractivity (Wildman–Crippen MR) is 82.2 cm³/mol. The van der Waals surface area contributed by atoms with Gasteiger partial charge in [0, 0.05) is 18.4 Å². The van der Waals surface area contributed by atoms with Crippen molar-refractivity contribution in [2.75, 3.05) is 20.3 Å². The lowest BCUT2D eigenvalue weighted by molar-refractivity contribution is -0.0305. The SMILES string of the molecule is CO[C@@H]1CCOC[C@H]1NS(=O)(=O)c1cc2ccccc2s1. The highest BCUT2D eigenvalue weighted by atomic mass is 32.2. The van der Waals surface area contributed by atoms with Gasteiger partial charge in [0.2, 0.25) is 0 Å². The van der Waals surface area contributed by atoms with Gasteiger partial charge in [0.05, 0.1) is 18.8 Å². The fraction of sp³-hybridized carbons (Fsp3) is 0.429. The number of fused-ring (bicyclic) bond motifs is 1. The molecule has 5 nitrogen and oxygen atoms in total. The summed E-state index contributed by atoms with van der Waals surface area (Å²) in [7, 11) is -1.96. The second-order valence-corrected chi connectivity index (χ2v) is 7.99. The van der Waals surface area contributed by atoms with Crippen LogP contribution >= 0.6 is 11.3 Å². The molecule has 2 heterocycles. The number of thiophene rings is 1. The number of hydrogen-bond acceptors (Lipinski definition) is 5. The Hall–Kier alpha value is -0.990. The van der Waals surface area contributed by atoms with Crippen LogP contribution in [-0.2, 0) is 19.5 Å². The summed E-state index contributed by atoms with van der Waals surface area (Å²) in [6.45, 7) is 0.933. The van der Waals surface area contributed by atoms with Gasteiger partial charge >= 0.3 is 0 Å². The Balaban J connectivity index is 1.85. The summed E-state index contributed by atoms with van der Waals surface area (Å²) in [6.07, 6.45) is 0.540. The van der Waals surface area contributed by atoms with Gasteiger partial charge in [-0.1, -0.05) is 18.2 Å². The van der Waals surface area contributed by atoms with Gasteiger partial charge in [-0.3, -0.25) is 0 Å². The number of sulfonamides is 1. The number of benzene rings is 1. The Morgan fingerprint density at radius 3 is 2.95 bits per heavy atom. The van der Waals surface area contributed by atoms with Crippen molar-refractivity contribution in [2.45, 2.75) is 22.8 Å². The van der Waals surface area contributed by atoms with Crippen molar-refractivity contribution in [2.24, 2.45) is 0 Å². The number of rotatable bonds is 4. The summed E-state index contributed by atoms with van der Waals surface area (Å²) in [6, 6.07) is 8.98. The highest BCUT2D eigenvalue weighted by Crippen LogP contribution is 2.29. The van der Waals surface area contributed by atoms with Crippen molar-refractivity contribution in [3.63, 3.8) is 0 Å². The van der Waals surface area contributed by atoms with Crippen LogP contribution in [0.4, 0.5) is 0 Å². The summed E-state index contributed by atoms with van der Waals surface area (Å²) in [5.74, 6) is 0. The van der Waals surface area contributed by atoms with Crippen molar-refractivity contribution in [3.05, 3.63) is 30.3 Å². The minimum absolute atomic E-state index is 0.150. The van der Waals surface area contributed by atoms with Crippen LogP contribution < -0.4 is 4.72 Å². The summed E-state index contributed by atoms with van der Waals surface area (Å²) in [4.78, 5) is 0. The average molecular weight is 327 g/mol. The minimum atomic E-state index is -3.56. The maximum Gasteiger partial charge on any atom is 0.250 e. The Kier molecular flexibility index (Phi) is 4.28. The topological polar surface area (TPSA) is 64.6 Å². The molecule has 3 rings (SSSR count). The average Bonchev–Trinajstić information content (AvgIpc) is 2.92. The largest absolute Gasteiger partial charge is 0.380 e. The Morgan fingerprint density at radius 1 is 1.38 bits per heavy atom. The third-order valence-electron chi connectivity index (χ3n) is 3.57. The monoisotopic (exact) mass is 327 g/mol. The van der Waals surface area contributed by atoms with Crippen LogP contribution in [0.2, 0.25) is 0 Å². The molecule has 1 aromatic heterocycles. The van der Waals surface area contributed by atoms with Crippen LogP contribution in [0.1, 0.15) is 6.42 Å².